The van der Waals surface area contributed by atoms with E-state index in [2.05, 4.69) is 35.6 Å². The summed E-state index contributed by atoms with van der Waals surface area (Å²) in [6.45, 7) is 9.33. The molecule has 25 heavy (non-hydrogen) atoms. The quantitative estimate of drug-likeness (QED) is 0.771. The highest BCUT2D eigenvalue weighted by Crippen LogP contribution is 2.32. The summed E-state index contributed by atoms with van der Waals surface area (Å²) >= 11 is 6.00. The van der Waals surface area contributed by atoms with Gasteiger partial charge in [-0.3, -0.25) is 14.6 Å². The molecule has 2 aliphatic rings. The van der Waals surface area contributed by atoms with Gasteiger partial charge in [0.2, 0.25) is 5.91 Å². The third kappa shape index (κ3) is 4.25. The molecule has 4 nitrogen and oxygen atoms in total. The fourth-order valence-corrected chi connectivity index (χ4v) is 4.23. The lowest BCUT2D eigenvalue weighted by molar-refractivity contribution is -0.130. The monoisotopic (exact) mass is 361 g/mol. The minimum atomic E-state index is 0.0935. The van der Waals surface area contributed by atoms with Crippen LogP contribution in [-0.2, 0) is 11.3 Å². The molecule has 5 heteroatoms. The lowest BCUT2D eigenvalue weighted by Crippen LogP contribution is -2.60. The molecule has 0 radical (unpaired) electrons. The highest BCUT2D eigenvalue weighted by Gasteiger charge is 2.41. The van der Waals surface area contributed by atoms with Gasteiger partial charge in [0.05, 0.1) is 0 Å². The van der Waals surface area contributed by atoms with E-state index in [1.165, 1.54) is 5.56 Å². The van der Waals surface area contributed by atoms with Crippen LogP contribution in [0.5, 0.6) is 0 Å². The van der Waals surface area contributed by atoms with Gasteiger partial charge in [-0.1, -0.05) is 29.8 Å². The van der Waals surface area contributed by atoms with Crippen molar-refractivity contribution in [2.24, 2.45) is 0 Å². The Morgan fingerprint density at radius 3 is 2.68 bits per heavy atom. The van der Waals surface area contributed by atoms with Crippen LogP contribution in [0, 0.1) is 0 Å². The number of nitrogens with zero attached hydrogens (tertiary/aromatic N) is 3. The normalized spacial score (nSPS) is 26.0. The van der Waals surface area contributed by atoms with Crippen molar-refractivity contribution >= 4 is 17.5 Å². The first-order valence-electron chi connectivity index (χ1n) is 9.09. The van der Waals surface area contributed by atoms with Crippen LogP contribution in [0.15, 0.2) is 36.9 Å². The van der Waals surface area contributed by atoms with Crippen LogP contribution in [0.2, 0.25) is 5.02 Å². The average Bonchev–Trinajstić information content (AvgIpc) is 2.75. The summed E-state index contributed by atoms with van der Waals surface area (Å²) in [5, 5.41) is 0.781. The number of halogens is 1. The number of carbonyl (C=O) groups excluding carboxylic acids is 1. The number of amides is 1. The van der Waals surface area contributed by atoms with E-state index in [-0.39, 0.29) is 11.4 Å². The summed E-state index contributed by atoms with van der Waals surface area (Å²) in [5.41, 5.74) is 1.39. The summed E-state index contributed by atoms with van der Waals surface area (Å²) in [5.74, 6) is 0.264. The number of likely N-dealkylation sites (N-methyl/N-ethyl adjacent to an activating group) is 1. The Balaban J connectivity index is 1.70. The van der Waals surface area contributed by atoms with Crippen molar-refractivity contribution in [3.63, 3.8) is 0 Å². The second-order valence-electron chi connectivity index (χ2n) is 7.36. The number of benzene rings is 1. The summed E-state index contributed by atoms with van der Waals surface area (Å²) in [4.78, 5) is 19.3. The van der Waals surface area contributed by atoms with Gasteiger partial charge in [0.15, 0.2) is 0 Å². The zero-order valence-electron chi connectivity index (χ0n) is 15.1. The lowest BCUT2D eigenvalue weighted by Gasteiger charge is -2.49. The van der Waals surface area contributed by atoms with Crippen LogP contribution in [0.3, 0.4) is 0 Å². The number of rotatable bonds is 4. The predicted molar refractivity (Wildman–Crippen MR) is 103 cm³/mol. The average molecular weight is 362 g/mol. The molecule has 1 amide bonds. The molecule has 1 atom stereocenters. The molecule has 0 saturated carbocycles. The van der Waals surface area contributed by atoms with Crippen molar-refractivity contribution in [1.82, 2.24) is 14.7 Å². The van der Waals surface area contributed by atoms with E-state index < -0.39 is 0 Å². The lowest BCUT2D eigenvalue weighted by atomic mass is 9.86. The molecule has 2 aliphatic heterocycles. The van der Waals surface area contributed by atoms with Crippen LogP contribution in [0.4, 0.5) is 0 Å². The number of hydrogen-bond donors (Lipinski definition) is 0. The van der Waals surface area contributed by atoms with E-state index in [0.717, 1.165) is 50.6 Å². The first-order valence-corrected chi connectivity index (χ1v) is 9.47. The number of piperazine rings is 1. The zero-order valence-corrected chi connectivity index (χ0v) is 15.8. The molecule has 1 aromatic carbocycles. The Hall–Kier alpha value is -1.36. The molecule has 0 N–H and O–H groups in total. The van der Waals surface area contributed by atoms with Gasteiger partial charge in [-0.25, -0.2) is 0 Å². The first-order chi connectivity index (χ1) is 12.0. The van der Waals surface area contributed by atoms with Crippen LogP contribution >= 0.6 is 11.6 Å². The minimum Gasteiger partial charge on any atom is -0.339 e. The molecule has 1 spiro atoms. The van der Waals surface area contributed by atoms with Crippen LogP contribution in [-0.4, -0.2) is 65.9 Å². The summed E-state index contributed by atoms with van der Waals surface area (Å²) in [6.07, 6.45) is 4.42. The van der Waals surface area contributed by atoms with Crippen molar-refractivity contribution in [2.45, 2.75) is 31.3 Å². The Morgan fingerprint density at radius 1 is 1.20 bits per heavy atom. The smallest absolute Gasteiger partial charge is 0.222 e. The first kappa shape index (κ1) is 18.4. The van der Waals surface area contributed by atoms with E-state index in [9.17, 15) is 4.79 Å². The van der Waals surface area contributed by atoms with Gasteiger partial charge in [0.25, 0.3) is 0 Å². The molecular formula is C20H28ClN3O. The molecule has 3 rings (SSSR count). The van der Waals surface area contributed by atoms with Crippen molar-refractivity contribution in [1.29, 1.82) is 0 Å². The molecule has 0 aliphatic carbocycles. The topological polar surface area (TPSA) is 26.8 Å². The van der Waals surface area contributed by atoms with Crippen molar-refractivity contribution in [2.75, 3.05) is 39.8 Å². The molecular weight excluding hydrogens is 334 g/mol. The summed E-state index contributed by atoms with van der Waals surface area (Å²) in [6, 6.07) is 8.13. The van der Waals surface area contributed by atoms with Gasteiger partial charge in [-0.05, 0) is 37.6 Å². The molecule has 0 unspecified atom stereocenters. The van der Waals surface area contributed by atoms with Crippen molar-refractivity contribution < 1.29 is 4.79 Å². The van der Waals surface area contributed by atoms with Crippen LogP contribution < -0.4 is 0 Å². The van der Waals surface area contributed by atoms with Gasteiger partial charge in [-0.15, -0.1) is 6.58 Å². The maximum absolute atomic E-state index is 12.4. The van der Waals surface area contributed by atoms with E-state index in [0.29, 0.717) is 13.0 Å². The number of hydrogen-bond acceptors (Lipinski definition) is 3. The van der Waals surface area contributed by atoms with Crippen LogP contribution in [0.25, 0.3) is 0 Å². The van der Waals surface area contributed by atoms with Gasteiger partial charge in [-0.2, -0.15) is 0 Å². The van der Waals surface area contributed by atoms with E-state index >= 15 is 0 Å². The Labute approximate surface area is 156 Å². The molecule has 2 saturated heterocycles. The Bertz CT molecular complexity index is 618. The molecule has 0 bridgehead atoms. The number of carbonyl (C=O) groups is 1. The van der Waals surface area contributed by atoms with E-state index in [1.54, 1.807) is 0 Å². The zero-order chi connectivity index (χ0) is 17.9. The molecule has 136 valence electrons. The standard InChI is InChI=1S/C20H28ClN3O/c1-3-11-24-12-10-20(9-8-19(24)25)16-23(14-13-22(20)2)15-17-4-6-18(21)7-5-17/h3-7H,1,8-16H2,2H3/t20-/m0/s1. The van der Waals surface area contributed by atoms with Gasteiger partial charge < -0.3 is 4.90 Å². The summed E-state index contributed by atoms with van der Waals surface area (Å²) in [7, 11) is 2.22. The predicted octanol–water partition coefficient (Wildman–Crippen LogP) is 3.02. The molecule has 2 heterocycles. The fraction of sp³-hybridized carbons (Fsp3) is 0.550. The van der Waals surface area contributed by atoms with E-state index in [1.807, 2.05) is 23.1 Å². The molecule has 1 aromatic rings. The Morgan fingerprint density at radius 2 is 1.96 bits per heavy atom. The highest BCUT2D eigenvalue weighted by atomic mass is 35.5. The summed E-state index contributed by atoms with van der Waals surface area (Å²) < 4.78 is 0. The third-order valence-corrected chi connectivity index (χ3v) is 6.00. The fourth-order valence-electron chi connectivity index (χ4n) is 4.11. The largest absolute Gasteiger partial charge is 0.339 e. The molecule has 0 aromatic heterocycles. The highest BCUT2D eigenvalue weighted by molar-refractivity contribution is 6.30. The minimum absolute atomic E-state index is 0.0935. The van der Waals surface area contributed by atoms with E-state index in [4.69, 9.17) is 11.6 Å². The van der Waals surface area contributed by atoms with Gasteiger partial charge in [0.1, 0.15) is 0 Å². The SMILES string of the molecule is C=CCN1CC[C@@]2(CCC1=O)CN(Cc1ccc(Cl)cc1)CCN2C. The van der Waals surface area contributed by atoms with Gasteiger partial charge >= 0.3 is 0 Å². The second-order valence-corrected chi connectivity index (χ2v) is 7.80. The number of likely N-dealkylation sites (tertiary alicyclic amines) is 1. The molecule has 2 fully saturated rings. The third-order valence-electron chi connectivity index (χ3n) is 5.75. The maximum atomic E-state index is 12.4. The van der Waals surface area contributed by atoms with Crippen molar-refractivity contribution in [3.05, 3.63) is 47.5 Å². The van der Waals surface area contributed by atoms with Crippen LogP contribution in [0.1, 0.15) is 24.8 Å². The maximum Gasteiger partial charge on any atom is 0.222 e. The van der Waals surface area contributed by atoms with Crippen molar-refractivity contribution in [3.8, 4) is 0 Å². The van der Waals surface area contributed by atoms with Gasteiger partial charge in [0, 0.05) is 56.3 Å². The second kappa shape index (κ2) is 7.90. The Kier molecular flexibility index (Phi) is 5.82.